The zero-order valence-corrected chi connectivity index (χ0v) is 31.6. The number of fused-ring (bicyclic) bond motifs is 1. The minimum Gasteiger partial charge on any atom is -0.458 e. The first-order valence-corrected chi connectivity index (χ1v) is 19.1. The van der Waals surface area contributed by atoms with E-state index in [-0.39, 0.29) is 51.6 Å². The van der Waals surface area contributed by atoms with Crippen LogP contribution in [0.5, 0.6) is 0 Å². The molecule has 4 aliphatic heterocycles. The number of β-lactam (4-membered cyclic amide) rings is 1. The molecule has 0 bridgehead atoms. The number of ether oxygens (including phenoxy) is 1. The number of nitrogens with zero attached hydrogens (tertiary/aromatic N) is 9. The van der Waals surface area contributed by atoms with E-state index in [4.69, 9.17) is 4.74 Å². The molecule has 1 aromatic heterocycles. The average molecular weight is 820 g/mol. The number of imide groups is 1. The van der Waals surface area contributed by atoms with E-state index in [9.17, 15) is 43.7 Å². The van der Waals surface area contributed by atoms with Crippen LogP contribution >= 0.6 is 23.3 Å². The topological polar surface area (TPSA) is 250 Å². The standard InChI is InChI=1S/C34H33N11O10S2/c1-2-40-12-13-41(29(49)28(40)48)32(51)38-24(21-6-4-3-5-7-21)26(46)37-25-27(47)42-19-34(56-30(25)42,31(50)55-18-20-8-10-22(11-9-20)45(53)54)43-14-15-44(33(43)52)36-17-23-16-35-39-57-23/h3-11,16-17,24-25,30H,2,12-15,18-19H2,1H3,(H,37,46)(H,38,51)/b36-17+/t24?,25-,30-,34-/m1/s1. The molecule has 23 heteroatoms. The largest absolute Gasteiger partial charge is 0.458 e. The normalized spacial score (nSPS) is 22.4. The number of carbonyl (C=O) groups excluding carboxylic acids is 7. The fraction of sp³-hybridized carbons (Fsp3) is 0.353. The average Bonchev–Trinajstić information content (AvgIpc) is 3.97. The summed E-state index contributed by atoms with van der Waals surface area (Å²) in [6.07, 6.45) is 2.86. The molecule has 0 spiro atoms. The SMILES string of the molecule is CCN1CCN(C(=O)NC(C(=O)N[C@@H]2C(=O)N3C[C@@](C(=O)OCc4ccc([N+](=O)[O-])cc4)(N4CCN(/N=C/c5cnns5)C4=O)S[C@H]23)c2ccccc2)C(=O)C1=O. The molecule has 0 aliphatic carbocycles. The molecule has 296 valence electrons. The molecule has 3 aromatic rings. The van der Waals surface area contributed by atoms with Gasteiger partial charge in [-0.05, 0) is 41.7 Å². The number of amides is 8. The molecule has 4 fully saturated rings. The zero-order chi connectivity index (χ0) is 40.4. The van der Waals surface area contributed by atoms with Crippen LogP contribution in [0, 0.1) is 10.1 Å². The lowest BCUT2D eigenvalue weighted by atomic mass is 10.0. The van der Waals surface area contributed by atoms with Crippen molar-refractivity contribution in [3.05, 3.63) is 86.9 Å². The van der Waals surface area contributed by atoms with E-state index in [0.717, 1.165) is 33.2 Å². The molecule has 4 saturated heterocycles. The number of rotatable bonds is 12. The summed E-state index contributed by atoms with van der Waals surface area (Å²) >= 11 is 1.99. The van der Waals surface area contributed by atoms with Gasteiger partial charge in [-0.1, -0.05) is 46.6 Å². The van der Waals surface area contributed by atoms with Crippen molar-refractivity contribution in [3.63, 3.8) is 0 Å². The van der Waals surface area contributed by atoms with Crippen LogP contribution in [0.2, 0.25) is 0 Å². The molecular formula is C34H33N11O10S2. The smallest absolute Gasteiger partial charge is 0.345 e. The Morgan fingerprint density at radius 1 is 1.05 bits per heavy atom. The Kier molecular flexibility index (Phi) is 10.8. The van der Waals surface area contributed by atoms with Gasteiger partial charge in [-0.15, -0.1) is 5.10 Å². The maximum atomic E-state index is 14.2. The number of thioether (sulfide) groups is 1. The fourth-order valence-electron chi connectivity index (χ4n) is 6.65. The number of non-ortho nitro benzene ring substituents is 1. The third-order valence-corrected chi connectivity index (χ3v) is 12.0. The lowest BCUT2D eigenvalue weighted by molar-refractivity contribution is -0.384. The summed E-state index contributed by atoms with van der Waals surface area (Å²) < 4.78 is 9.47. The minimum atomic E-state index is -1.80. The van der Waals surface area contributed by atoms with Crippen molar-refractivity contribution >= 4 is 76.9 Å². The summed E-state index contributed by atoms with van der Waals surface area (Å²) in [5, 5.41) is 24.6. The van der Waals surface area contributed by atoms with E-state index in [1.54, 1.807) is 37.3 Å². The van der Waals surface area contributed by atoms with Crippen molar-refractivity contribution in [2.75, 3.05) is 39.3 Å². The first-order valence-electron chi connectivity index (χ1n) is 17.5. The van der Waals surface area contributed by atoms with E-state index < -0.39 is 68.9 Å². The molecule has 57 heavy (non-hydrogen) atoms. The van der Waals surface area contributed by atoms with Crippen molar-refractivity contribution in [2.24, 2.45) is 5.10 Å². The third-order valence-electron chi connectivity index (χ3n) is 9.70. The number of nitro benzene ring substituents is 1. The number of nitro groups is 1. The Labute approximate surface area is 331 Å². The highest BCUT2D eigenvalue weighted by Crippen LogP contribution is 2.50. The van der Waals surface area contributed by atoms with E-state index in [1.165, 1.54) is 51.4 Å². The molecule has 8 amide bonds. The van der Waals surface area contributed by atoms with Crippen LogP contribution in [0.15, 0.2) is 65.9 Å². The van der Waals surface area contributed by atoms with Gasteiger partial charge >= 0.3 is 29.8 Å². The number of nitrogens with one attached hydrogen (secondary N) is 2. The summed E-state index contributed by atoms with van der Waals surface area (Å²) in [7, 11) is 0. The van der Waals surface area contributed by atoms with Gasteiger partial charge < -0.3 is 25.2 Å². The molecule has 5 heterocycles. The summed E-state index contributed by atoms with van der Waals surface area (Å²) in [4.78, 5) is 108. The fourth-order valence-corrected chi connectivity index (χ4v) is 8.72. The Hall–Kier alpha value is -6.49. The van der Waals surface area contributed by atoms with E-state index in [0.29, 0.717) is 16.0 Å². The van der Waals surface area contributed by atoms with E-state index >= 15 is 0 Å². The summed E-state index contributed by atoms with van der Waals surface area (Å²) in [6, 6.07) is 9.20. The Bertz CT molecular complexity index is 2140. The quantitative estimate of drug-likeness (QED) is 0.0632. The molecule has 4 atom stereocenters. The second kappa shape index (κ2) is 15.9. The monoisotopic (exact) mass is 819 g/mol. The van der Waals surface area contributed by atoms with Crippen molar-refractivity contribution in [1.29, 1.82) is 0 Å². The first kappa shape index (κ1) is 38.8. The van der Waals surface area contributed by atoms with Gasteiger partial charge in [0.15, 0.2) is 0 Å². The zero-order valence-electron chi connectivity index (χ0n) is 30.0. The molecule has 0 radical (unpaired) electrons. The molecule has 0 saturated carbocycles. The highest BCUT2D eigenvalue weighted by Gasteiger charge is 2.67. The molecule has 21 nitrogen and oxygen atoms in total. The summed E-state index contributed by atoms with van der Waals surface area (Å²) in [6.45, 7) is 1.50. The second-order valence-corrected chi connectivity index (χ2v) is 15.2. The van der Waals surface area contributed by atoms with Gasteiger partial charge in [0.25, 0.3) is 5.69 Å². The van der Waals surface area contributed by atoms with Crippen LogP contribution in [0.25, 0.3) is 0 Å². The maximum absolute atomic E-state index is 14.2. The lowest BCUT2D eigenvalue weighted by Crippen LogP contribution is -2.68. The number of hydrazone groups is 1. The second-order valence-electron chi connectivity index (χ2n) is 13.0. The predicted octanol–water partition coefficient (Wildman–Crippen LogP) is 0.499. The lowest BCUT2D eigenvalue weighted by Gasteiger charge is -2.41. The van der Waals surface area contributed by atoms with Crippen molar-refractivity contribution < 1.29 is 43.2 Å². The Morgan fingerprint density at radius 3 is 2.49 bits per heavy atom. The number of benzene rings is 2. The van der Waals surface area contributed by atoms with Crippen LogP contribution in [0.1, 0.15) is 29.0 Å². The number of hydrogen-bond donors (Lipinski definition) is 2. The Balaban J connectivity index is 1.10. The molecule has 2 aromatic carbocycles. The number of carbonyl (C=O) groups is 7. The van der Waals surface area contributed by atoms with Crippen LogP contribution in [-0.4, -0.2) is 143 Å². The van der Waals surface area contributed by atoms with E-state index in [2.05, 4.69) is 25.3 Å². The van der Waals surface area contributed by atoms with Gasteiger partial charge in [-0.25, -0.2) is 19.4 Å². The van der Waals surface area contributed by atoms with E-state index in [1.807, 2.05) is 0 Å². The number of aromatic nitrogens is 2. The number of piperazine rings is 1. The molecule has 2 N–H and O–H groups in total. The number of esters is 1. The molecule has 4 aliphatic rings. The van der Waals surface area contributed by atoms with Crippen LogP contribution < -0.4 is 10.6 Å². The van der Waals surface area contributed by atoms with Crippen molar-refractivity contribution in [1.82, 2.24) is 44.8 Å². The summed E-state index contributed by atoms with van der Waals surface area (Å²) in [5.41, 5.74) is 0.591. The van der Waals surface area contributed by atoms with Crippen LogP contribution in [0.4, 0.5) is 15.3 Å². The van der Waals surface area contributed by atoms with Gasteiger partial charge in [0.2, 0.25) is 16.7 Å². The summed E-state index contributed by atoms with van der Waals surface area (Å²) in [5.74, 6) is -4.15. The van der Waals surface area contributed by atoms with Crippen molar-refractivity contribution in [2.45, 2.75) is 35.9 Å². The van der Waals surface area contributed by atoms with Crippen LogP contribution in [-0.2, 0) is 35.3 Å². The van der Waals surface area contributed by atoms with Gasteiger partial charge in [-0.2, -0.15) is 5.10 Å². The molecule has 7 rings (SSSR count). The van der Waals surface area contributed by atoms with Crippen molar-refractivity contribution in [3.8, 4) is 0 Å². The van der Waals surface area contributed by atoms with Crippen LogP contribution in [0.3, 0.4) is 0 Å². The van der Waals surface area contributed by atoms with Gasteiger partial charge in [0, 0.05) is 38.3 Å². The Morgan fingerprint density at radius 2 is 1.81 bits per heavy atom. The first-order chi connectivity index (χ1) is 27.4. The molecule has 1 unspecified atom stereocenters. The predicted molar refractivity (Wildman–Crippen MR) is 199 cm³/mol. The molecular weight excluding hydrogens is 787 g/mol. The third kappa shape index (κ3) is 7.45. The maximum Gasteiger partial charge on any atom is 0.345 e. The van der Waals surface area contributed by atoms with Gasteiger partial charge in [0.05, 0.1) is 35.3 Å². The number of urea groups is 2. The van der Waals surface area contributed by atoms with Gasteiger partial charge in [0.1, 0.15) is 24.1 Å². The van der Waals surface area contributed by atoms with Gasteiger partial charge in [-0.3, -0.25) is 39.1 Å². The highest BCUT2D eigenvalue weighted by molar-refractivity contribution is 8.02. The highest BCUT2D eigenvalue weighted by atomic mass is 32.2. The number of likely N-dealkylation sites (N-methyl/N-ethyl adjacent to an activating group) is 1. The minimum absolute atomic E-state index is 0.0123. The number of hydrogen-bond acceptors (Lipinski definition) is 15.